The van der Waals surface area contributed by atoms with E-state index in [1.165, 1.54) is 10.8 Å². The largest absolute Gasteiger partial charge is 0.538 e. The number of rotatable bonds is 4. The smallest absolute Gasteiger partial charge is 0.305 e. The zero-order chi connectivity index (χ0) is 16.2. The van der Waals surface area contributed by atoms with Gasteiger partial charge in [-0.15, -0.1) is 0 Å². The van der Waals surface area contributed by atoms with Crippen molar-refractivity contribution in [3.63, 3.8) is 0 Å². The van der Waals surface area contributed by atoms with E-state index in [1.54, 1.807) is 30.3 Å². The molecule has 5 nitrogen and oxygen atoms in total. The monoisotopic (exact) mass is 370 g/mol. The van der Waals surface area contributed by atoms with Crippen LogP contribution in [0.2, 0.25) is 0 Å². The Morgan fingerprint density at radius 3 is 2.43 bits per heavy atom. The second-order valence-corrected chi connectivity index (χ2v) is 5.47. The zero-order valence-corrected chi connectivity index (χ0v) is 13.4. The number of hydrogen-bond acceptors (Lipinski definition) is 4. The van der Waals surface area contributed by atoms with Crippen molar-refractivity contribution in [3.8, 4) is 11.6 Å². The van der Waals surface area contributed by atoms with Crippen LogP contribution in [0, 0.1) is 0 Å². The van der Waals surface area contributed by atoms with E-state index in [9.17, 15) is 9.90 Å². The predicted molar refractivity (Wildman–Crippen MR) is 85.0 cm³/mol. The quantitative estimate of drug-likeness (QED) is 0.402. The van der Waals surface area contributed by atoms with Gasteiger partial charge in [-0.1, -0.05) is 36.4 Å². The summed E-state index contributed by atoms with van der Waals surface area (Å²) < 4.78 is 6.06. The second-order valence-electron chi connectivity index (χ2n) is 4.72. The number of halogens is 1. The van der Waals surface area contributed by atoms with Gasteiger partial charge in [-0.3, -0.25) is 4.79 Å². The summed E-state index contributed by atoms with van der Waals surface area (Å²) in [5.41, 5.74) is 2.12. The number of carbonyl (C=O) groups excluding carboxylic acids is 1. The molecule has 3 aromatic rings. The summed E-state index contributed by atoms with van der Waals surface area (Å²) in [6.07, 6.45) is 3.29. The fraction of sp³-hybridized carbons (Fsp3) is 0. The topological polar surface area (TPSA) is 70.0 Å². The minimum atomic E-state index is -0.559. The zero-order valence-electron chi connectivity index (χ0n) is 11.8. The highest BCUT2D eigenvalue weighted by molar-refractivity contribution is 9.10. The van der Waals surface area contributed by atoms with Gasteiger partial charge in [0.05, 0.1) is 5.27 Å². The van der Waals surface area contributed by atoms with Gasteiger partial charge in [-0.05, 0) is 28.5 Å². The van der Waals surface area contributed by atoms with Gasteiger partial charge < -0.3 is 9.63 Å². The third-order valence-electron chi connectivity index (χ3n) is 3.18. The fourth-order valence-electron chi connectivity index (χ4n) is 2.00. The van der Waals surface area contributed by atoms with Crippen LogP contribution in [0.1, 0.15) is 15.9 Å². The maximum atomic E-state index is 12.1. The van der Waals surface area contributed by atoms with E-state index in [4.69, 9.17) is 0 Å². The minimum Gasteiger partial charge on any atom is -0.538 e. The average Bonchev–Trinajstić information content (AvgIpc) is 2.93. The van der Waals surface area contributed by atoms with E-state index < -0.39 is 5.95 Å². The molecule has 0 aliphatic heterocycles. The molecule has 6 heteroatoms. The van der Waals surface area contributed by atoms with Crippen molar-refractivity contribution >= 4 is 27.8 Å². The highest BCUT2D eigenvalue weighted by atomic mass is 79.9. The Hall–Kier alpha value is -2.73. The van der Waals surface area contributed by atoms with Gasteiger partial charge in [-0.25, -0.2) is 0 Å². The third-order valence-corrected chi connectivity index (χ3v) is 3.84. The lowest BCUT2D eigenvalue weighted by Gasteiger charge is -1.96. The maximum Gasteiger partial charge on any atom is 0.305 e. The van der Waals surface area contributed by atoms with Gasteiger partial charge in [0, 0.05) is 33.6 Å². The van der Waals surface area contributed by atoms with Gasteiger partial charge >= 0.3 is 4.60 Å². The van der Waals surface area contributed by atoms with Gasteiger partial charge in [0.25, 0.3) is 0 Å². The normalized spacial score (nSPS) is 11.0. The molecule has 0 N–H and O–H groups in total. The minimum absolute atomic E-state index is 0.103. The molecule has 0 bridgehead atoms. The number of nitrogens with zero attached hydrogens (tertiary/aromatic N) is 2. The molecular weight excluding hydrogens is 360 g/mol. The van der Waals surface area contributed by atoms with Crippen LogP contribution in [0.25, 0.3) is 11.8 Å². The molecule has 0 unspecified atom stereocenters. The molecule has 1 heterocycles. The summed E-state index contributed by atoms with van der Waals surface area (Å²) in [5.74, 6) is -0.662. The Balaban J connectivity index is 1.78. The van der Waals surface area contributed by atoms with Gasteiger partial charge in [0.15, 0.2) is 11.7 Å². The number of benzene rings is 2. The first-order chi connectivity index (χ1) is 11.1. The molecule has 0 atom stereocenters. The van der Waals surface area contributed by atoms with Gasteiger partial charge in [0.2, 0.25) is 5.69 Å². The second kappa shape index (κ2) is 6.58. The van der Waals surface area contributed by atoms with Crippen molar-refractivity contribution in [2.24, 2.45) is 0 Å². The van der Waals surface area contributed by atoms with E-state index in [1.807, 2.05) is 30.3 Å². The molecule has 3 rings (SSSR count). The van der Waals surface area contributed by atoms with Crippen molar-refractivity contribution in [3.05, 3.63) is 76.4 Å². The lowest BCUT2D eigenvalue weighted by molar-refractivity contribution is -0.680. The summed E-state index contributed by atoms with van der Waals surface area (Å²) in [7, 11) is 0. The Bertz CT molecular complexity index is 855. The Morgan fingerprint density at radius 1 is 1.13 bits per heavy atom. The van der Waals surface area contributed by atoms with E-state index in [2.05, 4.69) is 25.7 Å². The summed E-state index contributed by atoms with van der Waals surface area (Å²) in [6.45, 7) is 0. The first kappa shape index (κ1) is 15.2. The SMILES string of the molecule is O=C(/C=C/c1ccccc1)c1ccc(-[n+]2noc([O-])c2Br)cc1. The van der Waals surface area contributed by atoms with Crippen LogP contribution in [-0.2, 0) is 0 Å². The van der Waals surface area contributed by atoms with E-state index in [0.717, 1.165) is 5.56 Å². The number of hydrogen-bond donors (Lipinski definition) is 0. The molecule has 0 aliphatic rings. The van der Waals surface area contributed by atoms with Crippen LogP contribution in [0.15, 0.2) is 69.8 Å². The number of allylic oxidation sites excluding steroid dienone is 1. The molecular formula is C17H11BrN2O3. The first-order valence-electron chi connectivity index (χ1n) is 6.77. The molecule has 0 radical (unpaired) electrons. The van der Waals surface area contributed by atoms with Gasteiger partial charge in [-0.2, -0.15) is 0 Å². The lowest BCUT2D eigenvalue weighted by Crippen LogP contribution is -2.33. The average molecular weight is 371 g/mol. The molecule has 23 heavy (non-hydrogen) atoms. The first-order valence-corrected chi connectivity index (χ1v) is 7.57. The molecule has 0 fully saturated rings. The molecule has 0 aliphatic carbocycles. The maximum absolute atomic E-state index is 12.1. The molecule has 0 saturated carbocycles. The Labute approximate surface area is 140 Å². The van der Waals surface area contributed by atoms with Crippen molar-refractivity contribution in [2.45, 2.75) is 0 Å². The summed E-state index contributed by atoms with van der Waals surface area (Å²) >= 11 is 3.10. The van der Waals surface area contributed by atoms with E-state index in [-0.39, 0.29) is 10.4 Å². The highest BCUT2D eigenvalue weighted by Gasteiger charge is 2.17. The van der Waals surface area contributed by atoms with Crippen LogP contribution in [-0.4, -0.2) is 11.1 Å². The molecule has 0 spiro atoms. The summed E-state index contributed by atoms with van der Waals surface area (Å²) in [6, 6.07) is 16.3. The molecule has 0 saturated heterocycles. The third kappa shape index (κ3) is 3.37. The number of carbonyl (C=O) groups is 1. The van der Waals surface area contributed by atoms with Crippen molar-refractivity contribution < 1.29 is 19.1 Å². The number of aromatic nitrogens is 2. The van der Waals surface area contributed by atoms with Crippen LogP contribution in [0.3, 0.4) is 0 Å². The Morgan fingerprint density at radius 2 is 1.83 bits per heavy atom. The van der Waals surface area contributed by atoms with Crippen LogP contribution < -0.4 is 9.79 Å². The van der Waals surface area contributed by atoms with Crippen molar-refractivity contribution in [1.82, 2.24) is 5.27 Å². The Kier molecular flexibility index (Phi) is 4.34. The standard InChI is InChI=1S/C17H11BrN2O3/c18-16-17(22)23-19-20(16)14-9-7-13(8-10-14)15(21)11-6-12-4-2-1-3-5-12/h1-11H/b11-6+. The predicted octanol–water partition coefficient (Wildman–Crippen LogP) is 2.68. The van der Waals surface area contributed by atoms with Crippen LogP contribution >= 0.6 is 15.9 Å². The number of ketones is 1. The fourth-order valence-corrected chi connectivity index (χ4v) is 2.34. The van der Waals surface area contributed by atoms with E-state index >= 15 is 0 Å². The lowest BCUT2D eigenvalue weighted by atomic mass is 10.1. The summed E-state index contributed by atoms with van der Waals surface area (Å²) in [4.78, 5) is 12.1. The molecule has 2 aromatic carbocycles. The van der Waals surface area contributed by atoms with Crippen molar-refractivity contribution in [1.29, 1.82) is 0 Å². The highest BCUT2D eigenvalue weighted by Crippen LogP contribution is 2.17. The molecule has 114 valence electrons. The van der Waals surface area contributed by atoms with Crippen LogP contribution in [0.5, 0.6) is 5.95 Å². The summed E-state index contributed by atoms with van der Waals surface area (Å²) in [5, 5.41) is 14.9. The van der Waals surface area contributed by atoms with Crippen molar-refractivity contribution in [2.75, 3.05) is 0 Å². The molecule has 0 amide bonds. The van der Waals surface area contributed by atoms with Crippen LogP contribution in [0.4, 0.5) is 0 Å². The van der Waals surface area contributed by atoms with E-state index in [0.29, 0.717) is 11.3 Å². The molecule has 1 aromatic heterocycles. The van der Waals surface area contributed by atoms with Gasteiger partial charge in [0.1, 0.15) is 0 Å².